The first kappa shape index (κ1) is 8.69. The van der Waals surface area contributed by atoms with E-state index < -0.39 is 0 Å². The molecule has 2 aromatic rings. The van der Waals surface area contributed by atoms with Crippen molar-refractivity contribution in [1.29, 1.82) is 0 Å². The second-order valence-corrected chi connectivity index (χ2v) is 3.14. The largest absolute Gasteiger partial charge is 0.383 e. The van der Waals surface area contributed by atoms with Crippen LogP contribution >= 0.6 is 0 Å². The second kappa shape index (κ2) is 3.46. The number of nitrogen functional groups attached to an aromatic ring is 1. The first-order valence-corrected chi connectivity index (χ1v) is 4.41. The van der Waals surface area contributed by atoms with Crippen molar-refractivity contribution < 1.29 is 0 Å². The number of rotatable bonds is 1. The zero-order chi connectivity index (χ0) is 9.97. The van der Waals surface area contributed by atoms with Crippen LogP contribution in [0.25, 0.3) is 11.3 Å². The highest BCUT2D eigenvalue weighted by molar-refractivity contribution is 5.61. The fourth-order valence-corrected chi connectivity index (χ4v) is 1.26. The molecule has 2 N–H and O–H groups in total. The molecule has 0 unspecified atom stereocenters. The Morgan fingerprint density at radius 3 is 2.71 bits per heavy atom. The number of aryl methyl sites for hydroxylation is 1. The molecule has 2 aromatic heterocycles. The Morgan fingerprint density at radius 1 is 1.21 bits per heavy atom. The van der Waals surface area contributed by atoms with E-state index in [2.05, 4.69) is 9.97 Å². The summed E-state index contributed by atoms with van der Waals surface area (Å²) < 4.78 is 0. The molecular weight excluding hydrogens is 174 g/mol. The molecule has 3 nitrogen and oxygen atoms in total. The van der Waals surface area contributed by atoms with Crippen molar-refractivity contribution in [2.75, 3.05) is 5.73 Å². The quantitative estimate of drug-likeness (QED) is 0.739. The van der Waals surface area contributed by atoms with Gasteiger partial charge in [0, 0.05) is 18.0 Å². The van der Waals surface area contributed by atoms with Gasteiger partial charge in [0.25, 0.3) is 0 Å². The first-order chi connectivity index (χ1) is 6.77. The van der Waals surface area contributed by atoms with Crippen molar-refractivity contribution in [1.82, 2.24) is 9.97 Å². The Balaban J connectivity index is 2.48. The third kappa shape index (κ3) is 1.57. The number of nitrogens with zero attached hydrogens (tertiary/aromatic N) is 2. The lowest BCUT2D eigenvalue weighted by Gasteiger charge is -2.02. The number of hydrogen-bond acceptors (Lipinski definition) is 3. The molecule has 0 radical (unpaired) electrons. The SMILES string of the molecule is Cc1cc(-c2ccccn2)cnc1N. The summed E-state index contributed by atoms with van der Waals surface area (Å²) in [6.07, 6.45) is 3.51. The van der Waals surface area contributed by atoms with Crippen LogP contribution in [0.1, 0.15) is 5.56 Å². The fourth-order valence-electron chi connectivity index (χ4n) is 1.26. The standard InChI is InChI=1S/C11H11N3/c1-8-6-9(7-14-11(8)12)10-4-2-3-5-13-10/h2-7H,1H3,(H2,12,14). The number of nitrogens with two attached hydrogens (primary N) is 1. The van der Waals surface area contributed by atoms with Gasteiger partial charge in [0.05, 0.1) is 5.69 Å². The minimum absolute atomic E-state index is 0.574. The van der Waals surface area contributed by atoms with Crippen LogP contribution in [0.15, 0.2) is 36.7 Å². The van der Waals surface area contributed by atoms with E-state index in [4.69, 9.17) is 5.73 Å². The van der Waals surface area contributed by atoms with Gasteiger partial charge in [-0.1, -0.05) is 6.07 Å². The predicted molar refractivity (Wildman–Crippen MR) is 56.6 cm³/mol. The normalized spacial score (nSPS) is 10.1. The van der Waals surface area contributed by atoms with Crippen molar-refractivity contribution >= 4 is 5.82 Å². The average molecular weight is 185 g/mol. The zero-order valence-electron chi connectivity index (χ0n) is 7.94. The van der Waals surface area contributed by atoms with Gasteiger partial charge in [-0.3, -0.25) is 4.98 Å². The van der Waals surface area contributed by atoms with E-state index in [1.54, 1.807) is 12.4 Å². The van der Waals surface area contributed by atoms with Crippen LogP contribution in [-0.2, 0) is 0 Å². The predicted octanol–water partition coefficient (Wildman–Crippen LogP) is 2.03. The van der Waals surface area contributed by atoms with Gasteiger partial charge in [-0.15, -0.1) is 0 Å². The molecule has 0 aromatic carbocycles. The molecule has 0 aliphatic carbocycles. The molecule has 2 heterocycles. The summed E-state index contributed by atoms with van der Waals surface area (Å²) in [5.74, 6) is 0.574. The highest BCUT2D eigenvalue weighted by atomic mass is 14.8. The van der Waals surface area contributed by atoms with Gasteiger partial charge in [0.1, 0.15) is 5.82 Å². The van der Waals surface area contributed by atoms with Crippen molar-refractivity contribution in [3.63, 3.8) is 0 Å². The smallest absolute Gasteiger partial charge is 0.126 e. The Morgan fingerprint density at radius 2 is 2.07 bits per heavy atom. The van der Waals surface area contributed by atoms with Gasteiger partial charge < -0.3 is 5.73 Å². The Labute approximate surface area is 82.6 Å². The van der Waals surface area contributed by atoms with Crippen LogP contribution in [0.5, 0.6) is 0 Å². The van der Waals surface area contributed by atoms with Crippen LogP contribution in [0.2, 0.25) is 0 Å². The van der Waals surface area contributed by atoms with Gasteiger partial charge in [-0.05, 0) is 30.7 Å². The Hall–Kier alpha value is -1.90. The molecule has 2 rings (SSSR count). The fraction of sp³-hybridized carbons (Fsp3) is 0.0909. The molecule has 70 valence electrons. The van der Waals surface area contributed by atoms with Crippen LogP contribution in [0.4, 0.5) is 5.82 Å². The topological polar surface area (TPSA) is 51.8 Å². The molecule has 0 aliphatic rings. The molecule has 0 atom stereocenters. The number of aromatic nitrogens is 2. The minimum atomic E-state index is 0.574. The molecule has 0 fully saturated rings. The van der Waals surface area contributed by atoms with E-state index in [-0.39, 0.29) is 0 Å². The molecule has 0 saturated heterocycles. The molecular formula is C11H11N3. The highest BCUT2D eigenvalue weighted by Crippen LogP contribution is 2.18. The first-order valence-electron chi connectivity index (χ1n) is 4.41. The molecule has 0 bridgehead atoms. The van der Waals surface area contributed by atoms with Crippen molar-refractivity contribution in [2.45, 2.75) is 6.92 Å². The minimum Gasteiger partial charge on any atom is -0.383 e. The molecule has 0 aliphatic heterocycles. The number of hydrogen-bond donors (Lipinski definition) is 1. The van der Waals surface area contributed by atoms with Gasteiger partial charge in [-0.25, -0.2) is 4.98 Å². The summed E-state index contributed by atoms with van der Waals surface area (Å²) in [5.41, 5.74) is 8.53. The summed E-state index contributed by atoms with van der Waals surface area (Å²) in [6, 6.07) is 7.78. The zero-order valence-corrected chi connectivity index (χ0v) is 7.94. The summed E-state index contributed by atoms with van der Waals surface area (Å²) in [6.45, 7) is 1.94. The lowest BCUT2D eigenvalue weighted by molar-refractivity contribution is 1.25. The summed E-state index contributed by atoms with van der Waals surface area (Å²) in [7, 11) is 0. The Kier molecular flexibility index (Phi) is 2.14. The van der Waals surface area contributed by atoms with Crippen molar-refractivity contribution in [2.24, 2.45) is 0 Å². The molecule has 3 heteroatoms. The maximum absolute atomic E-state index is 5.64. The summed E-state index contributed by atoms with van der Waals surface area (Å²) in [5, 5.41) is 0. The van der Waals surface area contributed by atoms with Crippen LogP contribution in [-0.4, -0.2) is 9.97 Å². The van der Waals surface area contributed by atoms with Gasteiger partial charge in [-0.2, -0.15) is 0 Å². The van der Waals surface area contributed by atoms with Gasteiger partial charge >= 0.3 is 0 Å². The van der Waals surface area contributed by atoms with E-state index in [0.29, 0.717) is 5.82 Å². The van der Waals surface area contributed by atoms with Crippen molar-refractivity contribution in [3.8, 4) is 11.3 Å². The van der Waals surface area contributed by atoms with Gasteiger partial charge in [0.2, 0.25) is 0 Å². The van der Waals surface area contributed by atoms with E-state index in [9.17, 15) is 0 Å². The van der Waals surface area contributed by atoms with Crippen LogP contribution in [0, 0.1) is 6.92 Å². The van der Waals surface area contributed by atoms with E-state index in [1.165, 1.54) is 0 Å². The third-order valence-corrected chi connectivity index (χ3v) is 2.08. The highest BCUT2D eigenvalue weighted by Gasteiger charge is 2.00. The molecule has 0 spiro atoms. The number of pyridine rings is 2. The summed E-state index contributed by atoms with van der Waals surface area (Å²) >= 11 is 0. The van der Waals surface area contributed by atoms with E-state index in [0.717, 1.165) is 16.8 Å². The monoisotopic (exact) mass is 185 g/mol. The Bertz CT molecular complexity index is 438. The maximum atomic E-state index is 5.64. The van der Waals surface area contributed by atoms with Crippen LogP contribution in [0.3, 0.4) is 0 Å². The van der Waals surface area contributed by atoms with E-state index >= 15 is 0 Å². The maximum Gasteiger partial charge on any atom is 0.126 e. The molecule has 0 saturated carbocycles. The van der Waals surface area contributed by atoms with Crippen LogP contribution < -0.4 is 5.73 Å². The number of anilines is 1. The summed E-state index contributed by atoms with van der Waals surface area (Å²) in [4.78, 5) is 8.33. The molecule has 0 amide bonds. The molecule has 14 heavy (non-hydrogen) atoms. The van der Waals surface area contributed by atoms with Crippen molar-refractivity contribution in [3.05, 3.63) is 42.2 Å². The van der Waals surface area contributed by atoms with E-state index in [1.807, 2.05) is 31.2 Å². The lowest BCUT2D eigenvalue weighted by Crippen LogP contribution is -1.94. The average Bonchev–Trinajstić information content (AvgIpc) is 2.23. The lowest BCUT2D eigenvalue weighted by atomic mass is 10.1. The van der Waals surface area contributed by atoms with Gasteiger partial charge in [0.15, 0.2) is 0 Å². The third-order valence-electron chi connectivity index (χ3n) is 2.08. The second-order valence-electron chi connectivity index (χ2n) is 3.14.